The third kappa shape index (κ3) is 1.89. The van der Waals surface area contributed by atoms with E-state index in [-0.39, 0.29) is 6.04 Å². The van der Waals surface area contributed by atoms with Gasteiger partial charge in [0.2, 0.25) is 5.84 Å². The van der Waals surface area contributed by atoms with Crippen LogP contribution < -0.4 is 5.73 Å². The summed E-state index contributed by atoms with van der Waals surface area (Å²) in [4.78, 5) is 3.23. The zero-order valence-electron chi connectivity index (χ0n) is 5.15. The van der Waals surface area contributed by atoms with E-state index >= 15 is 0 Å². The molecule has 1 aliphatic rings. The summed E-state index contributed by atoms with van der Waals surface area (Å²) < 4.78 is 34.7. The molecular weight excluding hydrogens is 145 g/mol. The normalized spacial score (nSPS) is 21.3. The zero-order chi connectivity index (χ0) is 7.78. The second-order valence-corrected chi connectivity index (χ2v) is 2.24. The van der Waals surface area contributed by atoms with E-state index in [1.165, 1.54) is 0 Å². The van der Waals surface area contributed by atoms with E-state index in [9.17, 15) is 13.2 Å². The molecule has 0 aromatic heterocycles. The highest BCUT2D eigenvalue weighted by molar-refractivity contribution is 5.86. The molecule has 1 fully saturated rings. The van der Waals surface area contributed by atoms with E-state index < -0.39 is 12.0 Å². The lowest BCUT2D eigenvalue weighted by Gasteiger charge is -2.03. The summed E-state index contributed by atoms with van der Waals surface area (Å²) in [6, 6.07) is -0.165. The van der Waals surface area contributed by atoms with Crippen LogP contribution in [0.25, 0.3) is 0 Å². The summed E-state index contributed by atoms with van der Waals surface area (Å²) in [5, 5.41) is 0. The summed E-state index contributed by atoms with van der Waals surface area (Å²) in [6.45, 7) is 0. The molecule has 1 aliphatic carbocycles. The largest absolute Gasteiger partial charge is 0.448 e. The van der Waals surface area contributed by atoms with Gasteiger partial charge in [-0.2, -0.15) is 13.2 Å². The molecule has 5 heteroatoms. The van der Waals surface area contributed by atoms with E-state index in [4.69, 9.17) is 0 Å². The number of nitrogens with two attached hydrogens (primary N) is 1. The lowest BCUT2D eigenvalue weighted by atomic mass is 10.6. The first-order valence-electron chi connectivity index (χ1n) is 2.90. The van der Waals surface area contributed by atoms with Gasteiger partial charge in [0, 0.05) is 0 Å². The lowest BCUT2D eigenvalue weighted by Crippen LogP contribution is -2.31. The predicted molar refractivity (Wildman–Crippen MR) is 30.7 cm³/mol. The van der Waals surface area contributed by atoms with Gasteiger partial charge in [-0.05, 0) is 12.8 Å². The Balaban J connectivity index is 2.53. The first-order valence-corrected chi connectivity index (χ1v) is 2.90. The van der Waals surface area contributed by atoms with Crippen LogP contribution in [-0.2, 0) is 0 Å². The highest BCUT2D eigenvalue weighted by atomic mass is 19.4. The maximum absolute atomic E-state index is 11.6. The van der Waals surface area contributed by atoms with Crippen molar-refractivity contribution in [3.05, 3.63) is 0 Å². The van der Waals surface area contributed by atoms with E-state index in [1.54, 1.807) is 0 Å². The summed E-state index contributed by atoms with van der Waals surface area (Å²) in [6.07, 6.45) is -2.98. The summed E-state index contributed by atoms with van der Waals surface area (Å²) in [5.74, 6) is -1.20. The maximum Gasteiger partial charge on any atom is 0.448 e. The Labute approximate surface area is 55.9 Å². The van der Waals surface area contributed by atoms with Gasteiger partial charge in [-0.1, -0.05) is 0 Å². The van der Waals surface area contributed by atoms with Crippen molar-refractivity contribution in [1.29, 1.82) is 0 Å². The molecule has 0 aromatic rings. The van der Waals surface area contributed by atoms with Gasteiger partial charge in [-0.3, -0.25) is 4.99 Å². The number of rotatable bonds is 1. The number of hydrogen-bond acceptors (Lipinski definition) is 1. The minimum absolute atomic E-state index is 0.165. The maximum atomic E-state index is 11.6. The van der Waals surface area contributed by atoms with Crippen molar-refractivity contribution in [1.82, 2.24) is 0 Å². The monoisotopic (exact) mass is 152 g/mol. The number of aliphatic imine (C=N–C) groups is 1. The van der Waals surface area contributed by atoms with Gasteiger partial charge < -0.3 is 5.73 Å². The molecule has 0 bridgehead atoms. The van der Waals surface area contributed by atoms with Crippen molar-refractivity contribution in [2.75, 3.05) is 0 Å². The van der Waals surface area contributed by atoms with Crippen molar-refractivity contribution >= 4 is 5.84 Å². The van der Waals surface area contributed by atoms with Gasteiger partial charge in [0.15, 0.2) is 0 Å². The summed E-state index contributed by atoms with van der Waals surface area (Å²) in [7, 11) is 0. The highest BCUT2D eigenvalue weighted by Gasteiger charge is 2.35. The van der Waals surface area contributed by atoms with Crippen molar-refractivity contribution in [3.63, 3.8) is 0 Å². The molecule has 0 aromatic carbocycles. The summed E-state index contributed by atoms with van der Waals surface area (Å²) in [5.41, 5.74) is 4.62. The van der Waals surface area contributed by atoms with Crippen LogP contribution in [0.2, 0.25) is 0 Å². The van der Waals surface area contributed by atoms with Gasteiger partial charge in [-0.25, -0.2) is 0 Å². The van der Waals surface area contributed by atoms with E-state index in [0.717, 1.165) is 12.8 Å². The van der Waals surface area contributed by atoms with Gasteiger partial charge in [0.1, 0.15) is 0 Å². The van der Waals surface area contributed by atoms with E-state index in [1.807, 2.05) is 0 Å². The predicted octanol–water partition coefficient (Wildman–Crippen LogP) is 1.07. The fourth-order valence-corrected chi connectivity index (χ4v) is 0.474. The van der Waals surface area contributed by atoms with Crippen LogP contribution in [0.1, 0.15) is 12.8 Å². The molecule has 0 aliphatic heterocycles. The third-order valence-corrected chi connectivity index (χ3v) is 1.16. The van der Waals surface area contributed by atoms with Gasteiger partial charge in [-0.15, -0.1) is 0 Å². The Morgan fingerprint density at radius 2 is 1.90 bits per heavy atom. The van der Waals surface area contributed by atoms with Gasteiger partial charge in [0.25, 0.3) is 0 Å². The van der Waals surface area contributed by atoms with Crippen molar-refractivity contribution in [2.24, 2.45) is 10.7 Å². The second kappa shape index (κ2) is 2.14. The zero-order valence-corrected chi connectivity index (χ0v) is 5.15. The second-order valence-electron chi connectivity index (χ2n) is 2.24. The molecule has 2 N–H and O–H groups in total. The number of alkyl halides is 3. The molecule has 0 heterocycles. The molecule has 0 radical (unpaired) electrons. The quantitative estimate of drug-likeness (QED) is 0.443. The number of hydrogen-bond donors (Lipinski definition) is 1. The minimum Gasteiger partial charge on any atom is -0.380 e. The molecular formula is C5H7F3N2. The Bertz CT molecular complexity index is 157. The van der Waals surface area contributed by atoms with Crippen LogP contribution >= 0.6 is 0 Å². The first-order chi connectivity index (χ1) is 4.50. The highest BCUT2D eigenvalue weighted by Crippen LogP contribution is 2.25. The van der Waals surface area contributed by atoms with E-state index in [0.29, 0.717) is 0 Å². The molecule has 1 saturated carbocycles. The van der Waals surface area contributed by atoms with Crippen molar-refractivity contribution < 1.29 is 13.2 Å². The van der Waals surface area contributed by atoms with E-state index in [2.05, 4.69) is 10.7 Å². The molecule has 1 rings (SSSR count). The van der Waals surface area contributed by atoms with Crippen molar-refractivity contribution in [3.8, 4) is 0 Å². The number of amidine groups is 1. The Hall–Kier alpha value is -0.740. The van der Waals surface area contributed by atoms with Gasteiger partial charge in [0.05, 0.1) is 6.04 Å². The van der Waals surface area contributed by atoms with Crippen LogP contribution in [0.4, 0.5) is 13.2 Å². The number of nitrogens with zero attached hydrogens (tertiary/aromatic N) is 1. The molecule has 0 atom stereocenters. The molecule has 0 spiro atoms. The fraction of sp³-hybridized carbons (Fsp3) is 0.800. The third-order valence-electron chi connectivity index (χ3n) is 1.16. The minimum atomic E-state index is -4.44. The molecule has 0 unspecified atom stereocenters. The summed E-state index contributed by atoms with van der Waals surface area (Å²) >= 11 is 0. The Kier molecular flexibility index (Phi) is 1.58. The standard InChI is InChI=1S/C5H7F3N2/c6-5(7,8)4(9)10-3-1-2-3/h3H,1-2H2,(H2,9,10). The Morgan fingerprint density at radius 1 is 1.40 bits per heavy atom. The topological polar surface area (TPSA) is 38.4 Å². The lowest BCUT2D eigenvalue weighted by molar-refractivity contribution is -0.0600. The van der Waals surface area contributed by atoms with Crippen molar-refractivity contribution in [2.45, 2.75) is 25.1 Å². The molecule has 0 amide bonds. The first kappa shape index (κ1) is 7.37. The van der Waals surface area contributed by atoms with Gasteiger partial charge >= 0.3 is 6.18 Å². The van der Waals surface area contributed by atoms with Crippen LogP contribution in [0.5, 0.6) is 0 Å². The molecule has 0 saturated heterocycles. The average Bonchev–Trinajstić information content (AvgIpc) is 2.47. The van der Waals surface area contributed by atoms with Crippen LogP contribution in [0.15, 0.2) is 4.99 Å². The molecule has 58 valence electrons. The molecule has 2 nitrogen and oxygen atoms in total. The Morgan fingerprint density at radius 3 is 2.20 bits per heavy atom. The SMILES string of the molecule is NC(=NC1CC1)C(F)(F)F. The number of halogens is 3. The van der Waals surface area contributed by atoms with Crippen LogP contribution in [0, 0.1) is 0 Å². The molecule has 10 heavy (non-hydrogen) atoms. The van der Waals surface area contributed by atoms with Crippen LogP contribution in [0.3, 0.4) is 0 Å². The smallest absolute Gasteiger partial charge is 0.380 e. The average molecular weight is 152 g/mol. The van der Waals surface area contributed by atoms with Crippen LogP contribution in [-0.4, -0.2) is 18.1 Å². The fourth-order valence-electron chi connectivity index (χ4n) is 0.474.